The fraction of sp³-hybridized carbons (Fsp3) is 0.158. The number of rotatable bonds is 3. The number of amides is 3. The van der Waals surface area contributed by atoms with Gasteiger partial charge in [0, 0.05) is 21.4 Å². The fourth-order valence-corrected chi connectivity index (χ4v) is 3.20. The second kappa shape index (κ2) is 7.21. The lowest BCUT2D eigenvalue weighted by Crippen LogP contribution is -2.46. The molecule has 0 spiro atoms. The van der Waals surface area contributed by atoms with E-state index in [0.717, 1.165) is 10.0 Å². The minimum Gasteiger partial charge on any atom is -0.508 e. The maximum absolute atomic E-state index is 12.9. The van der Waals surface area contributed by atoms with E-state index in [9.17, 15) is 14.7 Å². The van der Waals surface area contributed by atoms with Crippen molar-refractivity contribution >= 4 is 33.6 Å². The van der Waals surface area contributed by atoms with Crippen LogP contribution in [-0.4, -0.2) is 17.0 Å². The monoisotopic (exact) mass is 415 g/mol. The average molecular weight is 416 g/mol. The van der Waals surface area contributed by atoms with Crippen molar-refractivity contribution in [2.45, 2.75) is 19.9 Å². The van der Waals surface area contributed by atoms with Gasteiger partial charge in [-0.2, -0.15) is 0 Å². The summed E-state index contributed by atoms with van der Waals surface area (Å²) in [6.07, 6.45) is 0. The largest absolute Gasteiger partial charge is 0.508 e. The summed E-state index contributed by atoms with van der Waals surface area (Å²) >= 11 is 3.35. The van der Waals surface area contributed by atoms with Gasteiger partial charge in [0.25, 0.3) is 5.91 Å². The molecule has 3 rings (SSSR count). The van der Waals surface area contributed by atoms with E-state index in [1.54, 1.807) is 19.1 Å². The van der Waals surface area contributed by atoms with Crippen LogP contribution in [0.5, 0.6) is 5.75 Å². The van der Waals surface area contributed by atoms with Crippen molar-refractivity contribution in [2.75, 3.05) is 5.32 Å². The number of allylic oxidation sites excluding steroid dienone is 1. The number of phenolic OH excluding ortho intramolecular Hbond substituents is 1. The van der Waals surface area contributed by atoms with Crippen molar-refractivity contribution in [1.29, 1.82) is 0 Å². The summed E-state index contributed by atoms with van der Waals surface area (Å²) in [7, 11) is 0. The zero-order chi connectivity index (χ0) is 18.8. The van der Waals surface area contributed by atoms with E-state index < -0.39 is 12.1 Å². The topological polar surface area (TPSA) is 90.5 Å². The molecule has 4 N–H and O–H groups in total. The van der Waals surface area contributed by atoms with Gasteiger partial charge in [-0.3, -0.25) is 4.79 Å². The van der Waals surface area contributed by atoms with Crippen LogP contribution in [0.25, 0.3) is 0 Å². The van der Waals surface area contributed by atoms with Gasteiger partial charge in [-0.1, -0.05) is 33.6 Å². The molecule has 1 aliphatic rings. The van der Waals surface area contributed by atoms with Gasteiger partial charge in [0.15, 0.2) is 0 Å². The third-order valence-electron chi connectivity index (χ3n) is 4.12. The molecule has 26 heavy (non-hydrogen) atoms. The third-order valence-corrected chi connectivity index (χ3v) is 4.62. The van der Waals surface area contributed by atoms with E-state index in [2.05, 4.69) is 31.9 Å². The number of benzene rings is 2. The highest BCUT2D eigenvalue weighted by Gasteiger charge is 2.32. The molecule has 0 radical (unpaired) electrons. The first-order chi connectivity index (χ1) is 12.3. The lowest BCUT2D eigenvalue weighted by Gasteiger charge is -2.29. The van der Waals surface area contributed by atoms with Gasteiger partial charge >= 0.3 is 6.03 Å². The number of nitrogens with one attached hydrogen (secondary N) is 3. The van der Waals surface area contributed by atoms with Crippen LogP contribution >= 0.6 is 15.9 Å². The number of phenols is 1. The predicted molar refractivity (Wildman–Crippen MR) is 103 cm³/mol. The normalized spacial score (nSPS) is 16.7. The van der Waals surface area contributed by atoms with Crippen LogP contribution in [0.15, 0.2) is 58.2 Å². The number of carbonyl (C=O) groups is 2. The number of carbonyl (C=O) groups excluding carboxylic acids is 2. The molecule has 6 nitrogen and oxygen atoms in total. The van der Waals surface area contributed by atoms with E-state index in [-0.39, 0.29) is 11.7 Å². The van der Waals surface area contributed by atoms with Crippen LogP contribution in [0.4, 0.5) is 10.5 Å². The number of aromatic hydroxyl groups is 1. The average Bonchev–Trinajstić information content (AvgIpc) is 2.58. The van der Waals surface area contributed by atoms with Crippen molar-refractivity contribution in [3.8, 4) is 5.75 Å². The summed E-state index contributed by atoms with van der Waals surface area (Å²) in [5.74, 6) is -0.364. The summed E-state index contributed by atoms with van der Waals surface area (Å²) in [5, 5.41) is 18.4. The summed E-state index contributed by atoms with van der Waals surface area (Å²) < 4.78 is 0.731. The van der Waals surface area contributed by atoms with Crippen LogP contribution in [0.1, 0.15) is 24.1 Å². The first-order valence-electron chi connectivity index (χ1n) is 8.00. The van der Waals surface area contributed by atoms with E-state index in [0.29, 0.717) is 22.5 Å². The molecule has 0 aromatic heterocycles. The van der Waals surface area contributed by atoms with Crippen LogP contribution in [0, 0.1) is 6.92 Å². The standard InChI is InChI=1S/C19H18BrN3O3/c1-10-3-6-13(7-4-10)22-18(25)16-11(2)21-19(26)23-17(16)14-9-12(20)5-8-15(14)24/h3-9,17,24H,1-2H3,(H,22,25)(H2,21,23,26)/t17-/m0/s1. The van der Waals surface area contributed by atoms with E-state index >= 15 is 0 Å². The van der Waals surface area contributed by atoms with Crippen molar-refractivity contribution in [1.82, 2.24) is 10.6 Å². The highest BCUT2D eigenvalue weighted by Crippen LogP contribution is 2.34. The van der Waals surface area contributed by atoms with Crippen LogP contribution in [0.2, 0.25) is 0 Å². The highest BCUT2D eigenvalue weighted by molar-refractivity contribution is 9.10. The lowest BCUT2D eigenvalue weighted by atomic mass is 9.94. The van der Waals surface area contributed by atoms with Crippen molar-refractivity contribution in [2.24, 2.45) is 0 Å². The molecular weight excluding hydrogens is 398 g/mol. The quantitative estimate of drug-likeness (QED) is 0.615. The molecule has 0 unspecified atom stereocenters. The molecule has 0 aliphatic carbocycles. The van der Waals surface area contributed by atoms with E-state index in [4.69, 9.17) is 0 Å². The molecule has 3 amide bonds. The molecule has 2 aromatic rings. The lowest BCUT2D eigenvalue weighted by molar-refractivity contribution is -0.113. The van der Waals surface area contributed by atoms with Crippen molar-refractivity contribution < 1.29 is 14.7 Å². The maximum Gasteiger partial charge on any atom is 0.319 e. The minimum atomic E-state index is -0.772. The predicted octanol–water partition coefficient (Wildman–Crippen LogP) is 3.73. The summed E-state index contributed by atoms with van der Waals surface area (Å²) in [5.41, 5.74) is 2.93. The number of urea groups is 1. The second-order valence-electron chi connectivity index (χ2n) is 6.09. The molecule has 0 saturated heterocycles. The van der Waals surface area contributed by atoms with Crippen molar-refractivity contribution in [3.05, 3.63) is 69.3 Å². The molecule has 0 fully saturated rings. The highest BCUT2D eigenvalue weighted by atomic mass is 79.9. The first-order valence-corrected chi connectivity index (χ1v) is 8.79. The molecule has 1 aliphatic heterocycles. The van der Waals surface area contributed by atoms with Gasteiger partial charge in [0.2, 0.25) is 0 Å². The molecule has 0 saturated carbocycles. The Labute approximate surface area is 159 Å². The summed E-state index contributed by atoms with van der Waals surface area (Å²) in [4.78, 5) is 24.8. The van der Waals surface area contributed by atoms with Gasteiger partial charge in [-0.05, 0) is 44.2 Å². The van der Waals surface area contributed by atoms with Crippen molar-refractivity contribution in [3.63, 3.8) is 0 Å². The summed E-state index contributed by atoms with van der Waals surface area (Å²) in [6, 6.07) is 11.1. The zero-order valence-electron chi connectivity index (χ0n) is 14.3. The molecule has 1 heterocycles. The van der Waals surface area contributed by atoms with Gasteiger partial charge < -0.3 is 21.1 Å². The Hall–Kier alpha value is -2.80. The van der Waals surface area contributed by atoms with E-state index in [1.165, 1.54) is 6.07 Å². The minimum absolute atomic E-state index is 0.00571. The fourth-order valence-electron chi connectivity index (χ4n) is 2.82. The zero-order valence-corrected chi connectivity index (χ0v) is 15.8. The van der Waals surface area contributed by atoms with Gasteiger partial charge in [-0.25, -0.2) is 4.79 Å². The number of hydrogen-bond donors (Lipinski definition) is 4. The Morgan fingerprint density at radius 3 is 2.54 bits per heavy atom. The molecule has 134 valence electrons. The molecule has 0 bridgehead atoms. The number of hydrogen-bond acceptors (Lipinski definition) is 3. The first kappa shape index (κ1) is 18.0. The third kappa shape index (κ3) is 3.72. The SMILES string of the molecule is CC1=C(C(=O)Nc2ccc(C)cc2)[C@H](c2cc(Br)ccc2O)NC(=O)N1. The molecule has 1 atom stereocenters. The van der Waals surface area contributed by atoms with Gasteiger partial charge in [-0.15, -0.1) is 0 Å². The van der Waals surface area contributed by atoms with Crippen LogP contribution in [-0.2, 0) is 4.79 Å². The summed E-state index contributed by atoms with van der Waals surface area (Å²) in [6.45, 7) is 3.62. The van der Waals surface area contributed by atoms with Crippen LogP contribution < -0.4 is 16.0 Å². The Morgan fingerprint density at radius 2 is 1.85 bits per heavy atom. The van der Waals surface area contributed by atoms with E-state index in [1.807, 2.05) is 31.2 Å². The Balaban J connectivity index is 1.98. The second-order valence-corrected chi connectivity index (χ2v) is 7.01. The number of halogens is 1. The molecular formula is C19H18BrN3O3. The number of aryl methyl sites for hydroxylation is 1. The van der Waals surface area contributed by atoms with Crippen LogP contribution in [0.3, 0.4) is 0 Å². The Morgan fingerprint density at radius 1 is 1.15 bits per heavy atom. The smallest absolute Gasteiger partial charge is 0.319 e. The number of anilines is 1. The van der Waals surface area contributed by atoms with Gasteiger partial charge in [0.05, 0.1) is 11.6 Å². The van der Waals surface area contributed by atoms with Gasteiger partial charge in [0.1, 0.15) is 5.75 Å². The molecule has 7 heteroatoms. The maximum atomic E-state index is 12.9. The Kier molecular flexibility index (Phi) is 4.99. The molecule has 2 aromatic carbocycles. The Bertz CT molecular complexity index is 907.